The van der Waals surface area contributed by atoms with E-state index >= 15 is 0 Å². The standard InChI is InChI=1S/C23H28N4O5S/c1-15(2)20(24-22(28)19-5-4-14-31-19)23-25-21(26-32-23)17-6-8-18(9-7-17)33(29,30)27-12-10-16(3)11-13-27/h4-9,14-16,20H,10-13H2,1-3H3,(H,24,28)/t20-/m1/s1. The van der Waals surface area contributed by atoms with Crippen LogP contribution >= 0.6 is 0 Å². The highest BCUT2D eigenvalue weighted by Crippen LogP contribution is 2.27. The molecule has 0 bridgehead atoms. The van der Waals surface area contributed by atoms with Crippen molar-refractivity contribution in [1.82, 2.24) is 19.8 Å². The summed E-state index contributed by atoms with van der Waals surface area (Å²) < 4.78 is 38.0. The fourth-order valence-corrected chi connectivity index (χ4v) is 5.23. The van der Waals surface area contributed by atoms with Gasteiger partial charge in [0, 0.05) is 18.7 Å². The number of aromatic nitrogens is 2. The molecular formula is C23H28N4O5S. The summed E-state index contributed by atoms with van der Waals surface area (Å²) in [6.07, 6.45) is 3.17. The number of carbonyl (C=O) groups is 1. The van der Waals surface area contributed by atoms with Crippen LogP contribution < -0.4 is 5.32 Å². The molecule has 1 aliphatic heterocycles. The van der Waals surface area contributed by atoms with Crippen LogP contribution in [-0.2, 0) is 10.0 Å². The number of hydrogen-bond acceptors (Lipinski definition) is 7. The van der Waals surface area contributed by atoms with Gasteiger partial charge in [-0.05, 0) is 61.1 Å². The lowest BCUT2D eigenvalue weighted by molar-refractivity contribution is 0.0885. The summed E-state index contributed by atoms with van der Waals surface area (Å²) in [6, 6.07) is 9.17. The van der Waals surface area contributed by atoms with Gasteiger partial charge in [-0.15, -0.1) is 0 Å². The number of rotatable bonds is 7. The van der Waals surface area contributed by atoms with E-state index in [9.17, 15) is 13.2 Å². The molecule has 2 aromatic heterocycles. The molecule has 1 aromatic carbocycles. The first-order valence-electron chi connectivity index (χ1n) is 11.0. The first kappa shape index (κ1) is 23.2. The lowest BCUT2D eigenvalue weighted by Crippen LogP contribution is -2.37. The van der Waals surface area contributed by atoms with E-state index in [0.717, 1.165) is 12.8 Å². The van der Waals surface area contributed by atoms with Crippen molar-refractivity contribution < 1.29 is 22.2 Å². The van der Waals surface area contributed by atoms with Crippen molar-refractivity contribution in [3.05, 3.63) is 54.3 Å². The third kappa shape index (κ3) is 5.01. The maximum Gasteiger partial charge on any atom is 0.287 e. The number of sulfonamides is 1. The van der Waals surface area contributed by atoms with Crippen LogP contribution in [-0.4, -0.2) is 41.9 Å². The Hall–Kier alpha value is -2.98. The minimum atomic E-state index is -3.53. The first-order valence-corrected chi connectivity index (χ1v) is 12.5. The van der Waals surface area contributed by atoms with Crippen molar-refractivity contribution in [1.29, 1.82) is 0 Å². The predicted octanol–water partition coefficient (Wildman–Crippen LogP) is 3.88. The van der Waals surface area contributed by atoms with E-state index in [0.29, 0.717) is 30.4 Å². The first-order chi connectivity index (χ1) is 15.8. The number of nitrogens with one attached hydrogen (secondary N) is 1. The van der Waals surface area contributed by atoms with E-state index in [1.54, 1.807) is 40.7 Å². The van der Waals surface area contributed by atoms with Gasteiger partial charge in [0.05, 0.1) is 11.2 Å². The Bertz CT molecular complexity index is 1180. The summed E-state index contributed by atoms with van der Waals surface area (Å²) in [5.74, 6) is 0.930. The summed E-state index contributed by atoms with van der Waals surface area (Å²) in [7, 11) is -3.53. The van der Waals surface area contributed by atoms with Gasteiger partial charge in [0.2, 0.25) is 21.7 Å². The Labute approximate surface area is 193 Å². The number of piperidine rings is 1. The molecule has 0 aliphatic carbocycles. The zero-order valence-corrected chi connectivity index (χ0v) is 19.7. The average molecular weight is 473 g/mol. The van der Waals surface area contributed by atoms with Crippen molar-refractivity contribution in [2.45, 2.75) is 44.6 Å². The van der Waals surface area contributed by atoms with E-state index in [1.807, 2.05) is 13.8 Å². The molecule has 3 aromatic rings. The Morgan fingerprint density at radius 3 is 2.45 bits per heavy atom. The minimum Gasteiger partial charge on any atom is -0.459 e. The smallest absolute Gasteiger partial charge is 0.287 e. The molecule has 1 amide bonds. The zero-order valence-electron chi connectivity index (χ0n) is 18.9. The molecule has 0 radical (unpaired) electrons. The molecule has 9 nitrogen and oxygen atoms in total. The van der Waals surface area contributed by atoms with Crippen molar-refractivity contribution >= 4 is 15.9 Å². The molecule has 1 fully saturated rings. The lowest BCUT2D eigenvalue weighted by atomic mass is 10.0. The van der Waals surface area contributed by atoms with Crippen LogP contribution in [0.2, 0.25) is 0 Å². The molecule has 0 unspecified atom stereocenters. The van der Waals surface area contributed by atoms with Gasteiger partial charge >= 0.3 is 0 Å². The normalized spacial score (nSPS) is 16.7. The summed E-state index contributed by atoms with van der Waals surface area (Å²) in [5, 5.41) is 6.88. The van der Waals surface area contributed by atoms with Crippen LogP contribution in [0.3, 0.4) is 0 Å². The van der Waals surface area contributed by atoms with Gasteiger partial charge in [-0.25, -0.2) is 8.42 Å². The molecular weight excluding hydrogens is 444 g/mol. The molecule has 0 saturated carbocycles. The van der Waals surface area contributed by atoms with Crippen LogP contribution in [0.5, 0.6) is 0 Å². The molecule has 3 heterocycles. The highest BCUT2D eigenvalue weighted by Gasteiger charge is 2.29. The Morgan fingerprint density at radius 2 is 1.85 bits per heavy atom. The van der Waals surface area contributed by atoms with Crippen molar-refractivity contribution in [3.8, 4) is 11.4 Å². The largest absolute Gasteiger partial charge is 0.459 e. The fraction of sp³-hybridized carbons (Fsp3) is 0.435. The topological polar surface area (TPSA) is 119 Å². The third-order valence-electron chi connectivity index (χ3n) is 5.90. The van der Waals surface area contributed by atoms with Crippen molar-refractivity contribution in [2.75, 3.05) is 13.1 Å². The SMILES string of the molecule is CC1CCN(S(=O)(=O)c2ccc(-c3noc([C@H](NC(=O)c4ccco4)C(C)C)n3)cc2)CC1. The zero-order chi connectivity index (χ0) is 23.6. The van der Waals surface area contributed by atoms with Gasteiger partial charge in [0.15, 0.2) is 5.76 Å². The maximum atomic E-state index is 12.9. The highest BCUT2D eigenvalue weighted by molar-refractivity contribution is 7.89. The second-order valence-electron chi connectivity index (χ2n) is 8.74. The summed E-state index contributed by atoms with van der Waals surface area (Å²) in [4.78, 5) is 17.1. The molecule has 1 saturated heterocycles. The van der Waals surface area contributed by atoms with Gasteiger partial charge < -0.3 is 14.3 Å². The molecule has 1 aliphatic rings. The molecule has 4 rings (SSSR count). The molecule has 0 spiro atoms. The van der Waals surface area contributed by atoms with E-state index < -0.39 is 16.1 Å². The number of nitrogens with zero attached hydrogens (tertiary/aromatic N) is 3. The second kappa shape index (κ2) is 9.48. The van der Waals surface area contributed by atoms with Gasteiger partial charge in [-0.3, -0.25) is 4.79 Å². The van der Waals surface area contributed by atoms with Gasteiger partial charge in [0.1, 0.15) is 6.04 Å². The van der Waals surface area contributed by atoms with E-state index in [4.69, 9.17) is 8.94 Å². The van der Waals surface area contributed by atoms with Crippen LogP contribution in [0, 0.1) is 11.8 Å². The summed E-state index contributed by atoms with van der Waals surface area (Å²) >= 11 is 0. The maximum absolute atomic E-state index is 12.9. The van der Waals surface area contributed by atoms with Crippen molar-refractivity contribution in [3.63, 3.8) is 0 Å². The number of furan rings is 1. The number of carbonyl (C=O) groups excluding carboxylic acids is 1. The van der Waals surface area contributed by atoms with E-state index in [1.165, 1.54) is 6.26 Å². The third-order valence-corrected chi connectivity index (χ3v) is 7.81. The molecule has 176 valence electrons. The van der Waals surface area contributed by atoms with Gasteiger partial charge in [0.25, 0.3) is 5.91 Å². The highest BCUT2D eigenvalue weighted by atomic mass is 32.2. The number of hydrogen-bond donors (Lipinski definition) is 1. The second-order valence-corrected chi connectivity index (χ2v) is 10.7. The fourth-order valence-electron chi connectivity index (χ4n) is 3.76. The number of amides is 1. The Morgan fingerprint density at radius 1 is 1.15 bits per heavy atom. The van der Waals surface area contributed by atoms with Crippen LogP contribution in [0.4, 0.5) is 0 Å². The van der Waals surface area contributed by atoms with E-state index in [-0.39, 0.29) is 28.4 Å². The van der Waals surface area contributed by atoms with Gasteiger partial charge in [-0.2, -0.15) is 9.29 Å². The van der Waals surface area contributed by atoms with Crippen molar-refractivity contribution in [2.24, 2.45) is 11.8 Å². The monoisotopic (exact) mass is 472 g/mol. The number of benzene rings is 1. The molecule has 1 N–H and O–H groups in total. The van der Waals surface area contributed by atoms with Crippen LogP contribution in [0.25, 0.3) is 11.4 Å². The quantitative estimate of drug-likeness (QED) is 0.554. The molecule has 33 heavy (non-hydrogen) atoms. The van der Waals surface area contributed by atoms with Gasteiger partial charge in [-0.1, -0.05) is 25.9 Å². The Balaban J connectivity index is 1.50. The summed E-state index contributed by atoms with van der Waals surface area (Å²) in [6.45, 7) is 7.08. The average Bonchev–Trinajstić information content (AvgIpc) is 3.50. The van der Waals surface area contributed by atoms with Crippen LogP contribution in [0.15, 0.2) is 56.5 Å². The molecule has 1 atom stereocenters. The predicted molar refractivity (Wildman–Crippen MR) is 121 cm³/mol. The molecule has 10 heteroatoms. The van der Waals surface area contributed by atoms with Crippen LogP contribution in [0.1, 0.15) is 56.1 Å². The minimum absolute atomic E-state index is 0.0167. The lowest BCUT2D eigenvalue weighted by Gasteiger charge is -2.29. The summed E-state index contributed by atoms with van der Waals surface area (Å²) in [5.41, 5.74) is 0.621. The Kier molecular flexibility index (Phi) is 6.66. The van der Waals surface area contributed by atoms with E-state index in [2.05, 4.69) is 22.4 Å².